The van der Waals surface area contributed by atoms with Crippen LogP contribution in [0.1, 0.15) is 0 Å². The largest absolute Gasteiger partial charge is 0.497 e. The number of rotatable bonds is 3. The number of hydrogen-bond acceptors (Lipinski definition) is 4. The second-order valence-electron chi connectivity index (χ2n) is 4.48. The molecule has 0 aliphatic rings. The van der Waals surface area contributed by atoms with Gasteiger partial charge in [-0.25, -0.2) is 4.98 Å². The molecule has 2 aromatic carbocycles. The van der Waals surface area contributed by atoms with Gasteiger partial charge in [0.1, 0.15) is 11.5 Å². The number of nitrogens with zero attached hydrogens (tertiary/aromatic N) is 2. The van der Waals surface area contributed by atoms with Crippen LogP contribution in [0.15, 0.2) is 40.9 Å². The average molecular weight is 348 g/mol. The first-order valence-corrected chi connectivity index (χ1v) is 7.09. The van der Waals surface area contributed by atoms with Crippen molar-refractivity contribution in [3.8, 4) is 17.2 Å². The van der Waals surface area contributed by atoms with Gasteiger partial charge in [-0.05, 0) is 46.3 Å². The third-order valence-electron chi connectivity index (χ3n) is 3.28. The Morgan fingerprint density at radius 2 is 1.90 bits per heavy atom. The number of benzene rings is 2. The van der Waals surface area contributed by atoms with Crippen molar-refractivity contribution in [2.24, 2.45) is 0 Å². The summed E-state index contributed by atoms with van der Waals surface area (Å²) in [5.41, 5.74) is 8.67. The Morgan fingerprint density at radius 1 is 1.10 bits per heavy atom. The number of halogens is 1. The molecule has 0 amide bonds. The molecule has 0 saturated heterocycles. The maximum absolute atomic E-state index is 6.06. The van der Waals surface area contributed by atoms with Crippen LogP contribution >= 0.6 is 15.9 Å². The molecule has 0 aliphatic carbocycles. The maximum atomic E-state index is 6.06. The molecule has 3 aromatic rings. The maximum Gasteiger partial charge on any atom is 0.205 e. The summed E-state index contributed by atoms with van der Waals surface area (Å²) in [6, 6.07) is 11.4. The van der Waals surface area contributed by atoms with E-state index >= 15 is 0 Å². The van der Waals surface area contributed by atoms with Gasteiger partial charge in [-0.3, -0.25) is 4.57 Å². The van der Waals surface area contributed by atoms with Crippen LogP contribution in [-0.4, -0.2) is 23.8 Å². The van der Waals surface area contributed by atoms with Crippen LogP contribution < -0.4 is 15.2 Å². The molecule has 2 N–H and O–H groups in total. The van der Waals surface area contributed by atoms with Crippen molar-refractivity contribution in [3.63, 3.8) is 0 Å². The normalized spacial score (nSPS) is 10.8. The number of methoxy groups -OCH3 is 2. The second kappa shape index (κ2) is 5.29. The first kappa shape index (κ1) is 13.8. The molecular formula is C15H14BrN3O2. The molecule has 0 radical (unpaired) electrons. The standard InChI is InChI=1S/C15H14BrN3O2/c1-20-10-4-5-12-13(8-10)19(15(17)18-12)9-3-6-14(21-2)11(16)7-9/h3-8H,1-2H3,(H2,17,18). The van der Waals surface area contributed by atoms with Gasteiger partial charge in [-0.1, -0.05) is 0 Å². The highest BCUT2D eigenvalue weighted by molar-refractivity contribution is 9.10. The van der Waals surface area contributed by atoms with Crippen molar-refractivity contribution in [2.75, 3.05) is 20.0 Å². The number of imidazole rings is 1. The van der Waals surface area contributed by atoms with Gasteiger partial charge in [0.15, 0.2) is 0 Å². The summed E-state index contributed by atoms with van der Waals surface area (Å²) in [6.45, 7) is 0. The zero-order chi connectivity index (χ0) is 15.0. The lowest BCUT2D eigenvalue weighted by molar-refractivity contribution is 0.412. The topological polar surface area (TPSA) is 62.3 Å². The summed E-state index contributed by atoms with van der Waals surface area (Å²) >= 11 is 3.49. The van der Waals surface area contributed by atoms with Crippen LogP contribution in [-0.2, 0) is 0 Å². The molecule has 5 nitrogen and oxygen atoms in total. The number of ether oxygens (including phenoxy) is 2. The summed E-state index contributed by atoms with van der Waals surface area (Å²) in [5, 5.41) is 0. The van der Waals surface area contributed by atoms with Crippen molar-refractivity contribution in [3.05, 3.63) is 40.9 Å². The first-order valence-electron chi connectivity index (χ1n) is 6.30. The van der Waals surface area contributed by atoms with Crippen molar-refractivity contribution >= 4 is 32.9 Å². The summed E-state index contributed by atoms with van der Waals surface area (Å²) < 4.78 is 13.3. The Balaban J connectivity index is 2.23. The summed E-state index contributed by atoms with van der Waals surface area (Å²) in [4.78, 5) is 4.38. The number of aromatic nitrogens is 2. The number of anilines is 1. The second-order valence-corrected chi connectivity index (χ2v) is 5.33. The molecular weight excluding hydrogens is 334 g/mol. The Bertz CT molecular complexity index is 814. The third-order valence-corrected chi connectivity index (χ3v) is 3.90. The fourth-order valence-corrected chi connectivity index (χ4v) is 2.79. The van der Waals surface area contributed by atoms with Crippen molar-refractivity contribution in [1.29, 1.82) is 0 Å². The number of fused-ring (bicyclic) bond motifs is 1. The highest BCUT2D eigenvalue weighted by atomic mass is 79.9. The summed E-state index contributed by atoms with van der Waals surface area (Å²) in [5.74, 6) is 1.95. The predicted molar refractivity (Wildman–Crippen MR) is 86.3 cm³/mol. The first-order chi connectivity index (χ1) is 10.1. The summed E-state index contributed by atoms with van der Waals surface area (Å²) in [7, 11) is 3.26. The lowest BCUT2D eigenvalue weighted by Crippen LogP contribution is -2.01. The molecule has 1 aromatic heterocycles. The smallest absolute Gasteiger partial charge is 0.205 e. The fourth-order valence-electron chi connectivity index (χ4n) is 2.27. The minimum Gasteiger partial charge on any atom is -0.497 e. The lowest BCUT2D eigenvalue weighted by Gasteiger charge is -2.10. The van der Waals surface area contributed by atoms with Gasteiger partial charge in [-0.15, -0.1) is 0 Å². The molecule has 0 fully saturated rings. The van der Waals surface area contributed by atoms with Gasteiger partial charge in [0, 0.05) is 6.07 Å². The molecule has 0 saturated carbocycles. The fraction of sp³-hybridized carbons (Fsp3) is 0.133. The van der Waals surface area contributed by atoms with E-state index < -0.39 is 0 Å². The van der Waals surface area contributed by atoms with E-state index in [1.807, 2.05) is 41.0 Å². The van der Waals surface area contributed by atoms with E-state index in [0.717, 1.165) is 32.7 Å². The Labute approximate surface area is 130 Å². The minimum absolute atomic E-state index is 0.426. The van der Waals surface area contributed by atoms with Gasteiger partial charge in [0.05, 0.1) is 35.4 Å². The monoisotopic (exact) mass is 347 g/mol. The van der Waals surface area contributed by atoms with Crippen molar-refractivity contribution in [2.45, 2.75) is 0 Å². The van der Waals surface area contributed by atoms with E-state index in [2.05, 4.69) is 20.9 Å². The predicted octanol–water partition coefficient (Wildman–Crippen LogP) is 3.39. The van der Waals surface area contributed by atoms with Crippen molar-refractivity contribution < 1.29 is 9.47 Å². The zero-order valence-corrected chi connectivity index (χ0v) is 13.2. The van der Waals surface area contributed by atoms with Crippen LogP contribution in [0.25, 0.3) is 16.7 Å². The van der Waals surface area contributed by atoms with Crippen LogP contribution in [0.3, 0.4) is 0 Å². The summed E-state index contributed by atoms with van der Waals surface area (Å²) in [6.07, 6.45) is 0. The van der Waals surface area contributed by atoms with Crippen LogP contribution in [0.4, 0.5) is 5.95 Å². The molecule has 6 heteroatoms. The molecule has 0 atom stereocenters. The van der Waals surface area contributed by atoms with Crippen LogP contribution in [0, 0.1) is 0 Å². The van der Waals surface area contributed by atoms with E-state index in [0.29, 0.717) is 5.95 Å². The molecule has 0 spiro atoms. The van der Waals surface area contributed by atoms with Gasteiger partial charge >= 0.3 is 0 Å². The average Bonchev–Trinajstić information content (AvgIpc) is 2.81. The van der Waals surface area contributed by atoms with Crippen LogP contribution in [0.5, 0.6) is 11.5 Å². The van der Waals surface area contributed by atoms with Gasteiger partial charge < -0.3 is 15.2 Å². The molecule has 108 valence electrons. The number of nitrogen functional groups attached to an aromatic ring is 1. The molecule has 21 heavy (non-hydrogen) atoms. The molecule has 0 unspecified atom stereocenters. The molecule has 3 rings (SSSR count). The van der Waals surface area contributed by atoms with Gasteiger partial charge in [0.2, 0.25) is 5.95 Å². The molecule has 0 aliphatic heterocycles. The van der Waals surface area contributed by atoms with Crippen molar-refractivity contribution in [1.82, 2.24) is 9.55 Å². The van der Waals surface area contributed by atoms with E-state index in [9.17, 15) is 0 Å². The van der Waals surface area contributed by atoms with Gasteiger partial charge in [0.25, 0.3) is 0 Å². The number of nitrogens with two attached hydrogens (primary N) is 1. The van der Waals surface area contributed by atoms with E-state index in [4.69, 9.17) is 15.2 Å². The molecule has 0 bridgehead atoms. The Kier molecular flexibility index (Phi) is 3.47. The minimum atomic E-state index is 0.426. The Morgan fingerprint density at radius 3 is 2.57 bits per heavy atom. The highest BCUT2D eigenvalue weighted by Crippen LogP contribution is 2.31. The number of hydrogen-bond donors (Lipinski definition) is 1. The Hall–Kier alpha value is -2.21. The van der Waals surface area contributed by atoms with Gasteiger partial charge in [-0.2, -0.15) is 0 Å². The SMILES string of the molecule is COc1ccc2nc(N)n(-c3ccc(OC)c(Br)c3)c2c1. The zero-order valence-electron chi connectivity index (χ0n) is 11.6. The quantitative estimate of drug-likeness (QED) is 0.788. The van der Waals surface area contributed by atoms with E-state index in [-0.39, 0.29) is 0 Å². The van der Waals surface area contributed by atoms with E-state index in [1.165, 1.54) is 0 Å². The molecule has 1 heterocycles. The third kappa shape index (κ3) is 2.31. The highest BCUT2D eigenvalue weighted by Gasteiger charge is 2.12. The van der Waals surface area contributed by atoms with E-state index in [1.54, 1.807) is 14.2 Å². The van der Waals surface area contributed by atoms with Crippen LogP contribution in [0.2, 0.25) is 0 Å². The lowest BCUT2D eigenvalue weighted by atomic mass is 10.2.